The molecule has 0 spiro atoms. The van der Waals surface area contributed by atoms with E-state index in [-0.39, 0.29) is 12.2 Å². The van der Waals surface area contributed by atoms with Crippen molar-refractivity contribution < 1.29 is 17.9 Å². The molecule has 0 heterocycles. The van der Waals surface area contributed by atoms with Crippen LogP contribution in [0.5, 0.6) is 0 Å². The summed E-state index contributed by atoms with van der Waals surface area (Å²) >= 11 is 0. The summed E-state index contributed by atoms with van der Waals surface area (Å²) in [5, 5.41) is 0. The van der Waals surface area contributed by atoms with Gasteiger partial charge in [0, 0.05) is 0 Å². The van der Waals surface area contributed by atoms with Gasteiger partial charge in [0.2, 0.25) is 6.17 Å². The lowest BCUT2D eigenvalue weighted by Gasteiger charge is -2.29. The van der Waals surface area contributed by atoms with Gasteiger partial charge in [-0.25, -0.2) is 4.39 Å². The van der Waals surface area contributed by atoms with Gasteiger partial charge in [0.1, 0.15) is 0 Å². The first-order valence-electron chi connectivity index (χ1n) is 15.0. The maximum Gasteiger partial charge on any atom is 0.391 e. The lowest BCUT2D eigenvalue weighted by molar-refractivity contribution is -0.282. The molecule has 2 fully saturated rings. The van der Waals surface area contributed by atoms with Crippen molar-refractivity contribution in [1.82, 2.24) is 0 Å². The number of rotatable bonds is 11. The minimum absolute atomic E-state index is 0.0346. The zero-order chi connectivity index (χ0) is 27.7. The second-order valence-electron chi connectivity index (χ2n) is 11.6. The van der Waals surface area contributed by atoms with E-state index in [1.807, 2.05) is 36.4 Å². The smallest absolute Gasteiger partial charge is 0.313 e. The minimum Gasteiger partial charge on any atom is -0.313 e. The summed E-state index contributed by atoms with van der Waals surface area (Å²) in [7, 11) is 0. The fourth-order valence-corrected chi connectivity index (χ4v) is 6.47. The molecule has 39 heavy (non-hydrogen) atoms. The van der Waals surface area contributed by atoms with Crippen LogP contribution >= 0.6 is 0 Å². The fourth-order valence-electron chi connectivity index (χ4n) is 6.47. The first kappa shape index (κ1) is 29.6. The molecule has 212 valence electrons. The first-order chi connectivity index (χ1) is 18.9. The summed E-state index contributed by atoms with van der Waals surface area (Å²) in [6.45, 7) is 3.80. The lowest BCUT2D eigenvalue weighted by Crippen LogP contribution is -2.27. The van der Waals surface area contributed by atoms with Gasteiger partial charge >= 0.3 is 6.11 Å². The van der Waals surface area contributed by atoms with Crippen molar-refractivity contribution in [2.75, 3.05) is 0 Å². The van der Waals surface area contributed by atoms with Crippen molar-refractivity contribution in [3.63, 3.8) is 0 Å². The standard InChI is InChI=1S/C35H45F3O/c1-3-5-6-8-27-11-17-30(18-12-27)32-21-23-33(24-22-32)34(36)35(37,38)39-25-28-13-19-31(20-14-28)29-15-9-26(7-4-2)10-16-29/h3-5,7,13-14,19-24,26-27,29-30,34H,6,8-12,15-18,25H2,1-2H3/b5-3+,7-4+. The highest BCUT2D eigenvalue weighted by atomic mass is 19.3. The predicted molar refractivity (Wildman–Crippen MR) is 155 cm³/mol. The number of ether oxygens (including phenoxy) is 1. The van der Waals surface area contributed by atoms with Gasteiger partial charge < -0.3 is 4.74 Å². The molecule has 2 aliphatic carbocycles. The van der Waals surface area contributed by atoms with Gasteiger partial charge in [0.05, 0.1) is 6.61 Å². The summed E-state index contributed by atoms with van der Waals surface area (Å²) < 4.78 is 49.1. The fraction of sp³-hybridized carbons (Fsp3) is 0.543. The third-order valence-electron chi connectivity index (χ3n) is 8.94. The van der Waals surface area contributed by atoms with Crippen LogP contribution in [0.2, 0.25) is 0 Å². The third-order valence-corrected chi connectivity index (χ3v) is 8.94. The number of halogens is 3. The Morgan fingerprint density at radius 2 is 1.36 bits per heavy atom. The molecule has 1 unspecified atom stereocenters. The molecule has 2 saturated carbocycles. The summed E-state index contributed by atoms with van der Waals surface area (Å²) in [5.74, 6) is 2.38. The summed E-state index contributed by atoms with van der Waals surface area (Å²) in [6.07, 6.45) is 14.0. The Morgan fingerprint density at radius 3 is 1.92 bits per heavy atom. The second-order valence-corrected chi connectivity index (χ2v) is 11.6. The van der Waals surface area contributed by atoms with Crippen molar-refractivity contribution in [3.05, 3.63) is 95.1 Å². The Morgan fingerprint density at radius 1 is 0.795 bits per heavy atom. The maximum atomic E-state index is 14.9. The molecule has 0 amide bonds. The van der Waals surface area contributed by atoms with Gasteiger partial charge in [-0.3, -0.25) is 0 Å². The normalized spacial score (nSPS) is 25.4. The molecule has 0 aromatic heterocycles. The molecule has 0 N–H and O–H groups in total. The summed E-state index contributed by atoms with van der Waals surface area (Å²) in [6, 6.07) is 14.4. The van der Waals surface area contributed by atoms with Crippen molar-refractivity contribution in [3.8, 4) is 0 Å². The molecule has 4 rings (SSSR count). The highest BCUT2D eigenvalue weighted by Gasteiger charge is 2.43. The Hall–Kier alpha value is -2.33. The van der Waals surface area contributed by atoms with E-state index in [0.29, 0.717) is 23.3 Å². The van der Waals surface area contributed by atoms with E-state index < -0.39 is 12.3 Å². The van der Waals surface area contributed by atoms with E-state index in [1.54, 1.807) is 0 Å². The van der Waals surface area contributed by atoms with Gasteiger partial charge in [-0.2, -0.15) is 8.78 Å². The van der Waals surface area contributed by atoms with Gasteiger partial charge in [0.15, 0.2) is 0 Å². The van der Waals surface area contributed by atoms with Crippen molar-refractivity contribution in [1.29, 1.82) is 0 Å². The molecule has 0 radical (unpaired) electrons. The average molecular weight is 539 g/mol. The second kappa shape index (κ2) is 14.3. The zero-order valence-corrected chi connectivity index (χ0v) is 23.6. The van der Waals surface area contributed by atoms with Crippen LogP contribution in [0.3, 0.4) is 0 Å². The predicted octanol–water partition coefficient (Wildman–Crippen LogP) is 11.0. The van der Waals surface area contributed by atoms with E-state index >= 15 is 0 Å². The third kappa shape index (κ3) is 8.33. The Kier molecular flexibility index (Phi) is 10.9. The molecule has 0 aliphatic heterocycles. The van der Waals surface area contributed by atoms with Crippen LogP contribution in [-0.4, -0.2) is 6.11 Å². The van der Waals surface area contributed by atoms with Crippen molar-refractivity contribution in [2.45, 2.75) is 109 Å². The molecule has 4 heteroatoms. The van der Waals surface area contributed by atoms with Crippen LogP contribution in [0.25, 0.3) is 0 Å². The van der Waals surface area contributed by atoms with E-state index in [1.165, 1.54) is 49.8 Å². The van der Waals surface area contributed by atoms with Crippen molar-refractivity contribution in [2.24, 2.45) is 11.8 Å². The lowest BCUT2D eigenvalue weighted by atomic mass is 9.77. The van der Waals surface area contributed by atoms with Crippen molar-refractivity contribution >= 4 is 0 Å². The number of allylic oxidation sites excluding steroid dienone is 4. The summed E-state index contributed by atoms with van der Waals surface area (Å²) in [4.78, 5) is 0. The number of benzene rings is 2. The Labute approximate surface area is 233 Å². The largest absolute Gasteiger partial charge is 0.391 e. The first-order valence-corrected chi connectivity index (χ1v) is 15.0. The van der Waals surface area contributed by atoms with Crippen LogP contribution in [0, 0.1) is 11.8 Å². The van der Waals surface area contributed by atoms with E-state index in [9.17, 15) is 13.2 Å². The average Bonchev–Trinajstić information content (AvgIpc) is 2.97. The van der Waals surface area contributed by atoms with E-state index in [4.69, 9.17) is 4.74 Å². The molecule has 0 bridgehead atoms. The van der Waals surface area contributed by atoms with Gasteiger partial charge in [-0.05, 0) is 124 Å². The number of hydrogen-bond acceptors (Lipinski definition) is 1. The van der Waals surface area contributed by atoms with Crippen LogP contribution < -0.4 is 0 Å². The topological polar surface area (TPSA) is 9.23 Å². The Bertz CT molecular complexity index is 1040. The maximum absolute atomic E-state index is 14.9. The van der Waals surface area contributed by atoms with Crippen LogP contribution in [-0.2, 0) is 11.3 Å². The molecule has 2 aromatic carbocycles. The molecule has 0 saturated heterocycles. The zero-order valence-electron chi connectivity index (χ0n) is 23.6. The SMILES string of the molecule is C/C=C/CCC1CCC(c2ccc(C(F)C(F)(F)OCc3ccc(C4CCC(/C=C/C)CC4)cc3)cc2)CC1. The highest BCUT2D eigenvalue weighted by Crippen LogP contribution is 2.41. The number of hydrogen-bond donors (Lipinski definition) is 0. The van der Waals surface area contributed by atoms with E-state index in [0.717, 1.165) is 43.6 Å². The van der Waals surface area contributed by atoms with Crippen LogP contribution in [0.4, 0.5) is 13.2 Å². The van der Waals surface area contributed by atoms with Gasteiger partial charge in [0.25, 0.3) is 0 Å². The summed E-state index contributed by atoms with van der Waals surface area (Å²) in [5.41, 5.74) is 2.96. The van der Waals surface area contributed by atoms with Gasteiger partial charge in [-0.15, -0.1) is 0 Å². The monoisotopic (exact) mass is 538 g/mol. The molecule has 2 aromatic rings. The molecule has 1 atom stereocenters. The molecule has 2 aliphatic rings. The number of alkyl halides is 3. The molecular weight excluding hydrogens is 493 g/mol. The highest BCUT2D eigenvalue weighted by molar-refractivity contribution is 5.28. The molecule has 1 nitrogen and oxygen atoms in total. The van der Waals surface area contributed by atoms with Gasteiger partial charge in [-0.1, -0.05) is 72.8 Å². The van der Waals surface area contributed by atoms with Crippen LogP contribution in [0.1, 0.15) is 118 Å². The van der Waals surface area contributed by atoms with Crippen LogP contribution in [0.15, 0.2) is 72.8 Å². The quantitative estimate of drug-likeness (QED) is 0.259. The van der Waals surface area contributed by atoms with E-state index in [2.05, 4.69) is 38.2 Å². The minimum atomic E-state index is -3.89. The Balaban J connectivity index is 1.25. The molecular formula is C35H45F3O.